The normalized spacial score (nSPS) is 13.1. The number of hydrogen-bond donors (Lipinski definition) is 1. The SMILES string of the molecule is FC(F)(F)[C@@H](Nc1ccccc1)c1ccccc1. The minimum atomic E-state index is -4.34. The molecular formula is C14H12F3N. The van der Waals surface area contributed by atoms with Crippen LogP contribution in [0.5, 0.6) is 0 Å². The highest BCUT2D eigenvalue weighted by Crippen LogP contribution is 2.35. The molecule has 0 unspecified atom stereocenters. The van der Waals surface area contributed by atoms with Gasteiger partial charge in [-0.3, -0.25) is 0 Å². The summed E-state index contributed by atoms with van der Waals surface area (Å²) in [7, 11) is 0. The van der Waals surface area contributed by atoms with Gasteiger partial charge < -0.3 is 5.32 Å². The van der Waals surface area contributed by atoms with Crippen molar-refractivity contribution in [2.24, 2.45) is 0 Å². The summed E-state index contributed by atoms with van der Waals surface area (Å²) in [6.07, 6.45) is -4.34. The summed E-state index contributed by atoms with van der Waals surface area (Å²) in [5.41, 5.74) is 0.650. The summed E-state index contributed by atoms with van der Waals surface area (Å²) in [5.74, 6) is 0. The quantitative estimate of drug-likeness (QED) is 0.852. The Morgan fingerprint density at radius 2 is 1.28 bits per heavy atom. The molecule has 0 aliphatic heterocycles. The van der Waals surface area contributed by atoms with E-state index in [-0.39, 0.29) is 5.56 Å². The van der Waals surface area contributed by atoms with E-state index < -0.39 is 12.2 Å². The van der Waals surface area contributed by atoms with E-state index in [2.05, 4.69) is 5.32 Å². The molecular weight excluding hydrogens is 239 g/mol. The van der Waals surface area contributed by atoms with Crippen LogP contribution in [0.2, 0.25) is 0 Å². The van der Waals surface area contributed by atoms with Crippen molar-refractivity contribution in [1.29, 1.82) is 0 Å². The van der Waals surface area contributed by atoms with E-state index in [9.17, 15) is 13.2 Å². The monoisotopic (exact) mass is 251 g/mol. The van der Waals surface area contributed by atoms with E-state index in [0.717, 1.165) is 0 Å². The van der Waals surface area contributed by atoms with Gasteiger partial charge in [-0.2, -0.15) is 13.2 Å². The van der Waals surface area contributed by atoms with Crippen molar-refractivity contribution in [2.45, 2.75) is 12.2 Å². The van der Waals surface area contributed by atoms with Gasteiger partial charge in [0.05, 0.1) is 0 Å². The van der Waals surface area contributed by atoms with Gasteiger partial charge >= 0.3 is 6.18 Å². The number of alkyl halides is 3. The topological polar surface area (TPSA) is 12.0 Å². The number of nitrogens with one attached hydrogen (secondary N) is 1. The maximum Gasteiger partial charge on any atom is 0.412 e. The molecule has 4 heteroatoms. The summed E-state index contributed by atoms with van der Waals surface area (Å²) in [5, 5.41) is 2.51. The molecule has 0 fully saturated rings. The summed E-state index contributed by atoms with van der Waals surface area (Å²) in [4.78, 5) is 0. The van der Waals surface area contributed by atoms with Crippen LogP contribution in [0, 0.1) is 0 Å². The molecule has 0 heterocycles. The lowest BCUT2D eigenvalue weighted by Crippen LogP contribution is -2.27. The van der Waals surface area contributed by atoms with Gasteiger partial charge in [0.15, 0.2) is 0 Å². The van der Waals surface area contributed by atoms with Crippen LogP contribution in [0.4, 0.5) is 18.9 Å². The summed E-state index contributed by atoms with van der Waals surface area (Å²) < 4.78 is 39.1. The van der Waals surface area contributed by atoms with Crippen molar-refractivity contribution in [2.75, 3.05) is 5.32 Å². The Bertz CT molecular complexity index is 479. The fraction of sp³-hybridized carbons (Fsp3) is 0.143. The highest BCUT2D eigenvalue weighted by molar-refractivity contribution is 5.45. The Labute approximate surface area is 103 Å². The van der Waals surface area contributed by atoms with Crippen LogP contribution < -0.4 is 5.32 Å². The predicted octanol–water partition coefficient (Wildman–Crippen LogP) is 4.40. The van der Waals surface area contributed by atoms with Gasteiger partial charge in [0.25, 0.3) is 0 Å². The molecule has 1 nitrogen and oxygen atoms in total. The Hall–Kier alpha value is -1.97. The van der Waals surface area contributed by atoms with E-state index in [1.807, 2.05) is 0 Å². The summed E-state index contributed by atoms with van der Waals surface area (Å²) in [6, 6.07) is 14.5. The number of halogens is 3. The standard InChI is InChI=1S/C14H12F3N/c15-14(16,17)13(11-7-3-1-4-8-11)18-12-9-5-2-6-10-12/h1-10,13,18H/t13-/m0/s1. The van der Waals surface area contributed by atoms with Crippen molar-refractivity contribution >= 4 is 5.69 Å². The van der Waals surface area contributed by atoms with Crippen LogP contribution in [-0.2, 0) is 0 Å². The zero-order valence-corrected chi connectivity index (χ0v) is 9.48. The minimum Gasteiger partial charge on any atom is -0.370 e. The lowest BCUT2D eigenvalue weighted by molar-refractivity contribution is -0.144. The molecule has 94 valence electrons. The first-order chi connectivity index (χ1) is 8.57. The molecule has 18 heavy (non-hydrogen) atoms. The van der Waals surface area contributed by atoms with Gasteiger partial charge in [0, 0.05) is 5.69 Å². The molecule has 0 aliphatic rings. The molecule has 1 atom stereocenters. The Morgan fingerprint density at radius 1 is 0.778 bits per heavy atom. The molecule has 2 aromatic rings. The maximum atomic E-state index is 13.0. The van der Waals surface area contributed by atoms with E-state index in [1.165, 1.54) is 12.1 Å². The van der Waals surface area contributed by atoms with Gasteiger partial charge in [0.1, 0.15) is 6.04 Å². The second-order valence-corrected chi connectivity index (χ2v) is 3.90. The zero-order valence-electron chi connectivity index (χ0n) is 9.48. The summed E-state index contributed by atoms with van der Waals surface area (Å²) >= 11 is 0. The van der Waals surface area contributed by atoms with Crippen molar-refractivity contribution in [3.8, 4) is 0 Å². The van der Waals surface area contributed by atoms with Crippen molar-refractivity contribution in [3.63, 3.8) is 0 Å². The summed E-state index contributed by atoms with van der Waals surface area (Å²) in [6.45, 7) is 0. The second kappa shape index (κ2) is 5.12. The molecule has 0 bridgehead atoms. The van der Waals surface area contributed by atoms with Crippen LogP contribution in [0.1, 0.15) is 11.6 Å². The molecule has 2 rings (SSSR count). The van der Waals surface area contributed by atoms with E-state index in [0.29, 0.717) is 5.69 Å². The highest BCUT2D eigenvalue weighted by Gasteiger charge is 2.40. The molecule has 0 saturated carbocycles. The van der Waals surface area contributed by atoms with Gasteiger partial charge in [0.2, 0.25) is 0 Å². The fourth-order valence-corrected chi connectivity index (χ4v) is 1.70. The average molecular weight is 251 g/mol. The number of rotatable bonds is 3. The number of benzene rings is 2. The van der Waals surface area contributed by atoms with Crippen molar-refractivity contribution < 1.29 is 13.2 Å². The lowest BCUT2D eigenvalue weighted by Gasteiger charge is -2.23. The Morgan fingerprint density at radius 3 is 1.78 bits per heavy atom. The van der Waals surface area contributed by atoms with Gasteiger partial charge in [-0.05, 0) is 17.7 Å². The lowest BCUT2D eigenvalue weighted by atomic mass is 10.1. The van der Waals surface area contributed by atoms with Crippen LogP contribution in [0.3, 0.4) is 0 Å². The van der Waals surface area contributed by atoms with Crippen LogP contribution in [-0.4, -0.2) is 6.18 Å². The molecule has 0 aromatic heterocycles. The maximum absolute atomic E-state index is 13.0. The van der Waals surface area contributed by atoms with Crippen LogP contribution in [0.15, 0.2) is 60.7 Å². The van der Waals surface area contributed by atoms with Gasteiger partial charge in [-0.15, -0.1) is 0 Å². The molecule has 0 saturated heterocycles. The molecule has 0 aliphatic carbocycles. The Balaban J connectivity index is 2.28. The third kappa shape index (κ3) is 3.03. The number of hydrogen-bond acceptors (Lipinski definition) is 1. The molecule has 2 aromatic carbocycles. The molecule has 0 amide bonds. The third-order valence-corrected chi connectivity index (χ3v) is 2.55. The number of anilines is 1. The van der Waals surface area contributed by atoms with E-state index in [1.54, 1.807) is 48.5 Å². The van der Waals surface area contributed by atoms with Crippen LogP contribution in [0.25, 0.3) is 0 Å². The smallest absolute Gasteiger partial charge is 0.370 e. The average Bonchev–Trinajstić information content (AvgIpc) is 2.37. The number of para-hydroxylation sites is 1. The molecule has 1 N–H and O–H groups in total. The second-order valence-electron chi connectivity index (χ2n) is 3.90. The zero-order chi connectivity index (χ0) is 13.0. The van der Waals surface area contributed by atoms with Crippen LogP contribution >= 0.6 is 0 Å². The molecule has 0 spiro atoms. The largest absolute Gasteiger partial charge is 0.412 e. The third-order valence-electron chi connectivity index (χ3n) is 2.55. The fourth-order valence-electron chi connectivity index (χ4n) is 1.70. The Kier molecular flexibility index (Phi) is 3.55. The van der Waals surface area contributed by atoms with Gasteiger partial charge in [-0.1, -0.05) is 48.5 Å². The van der Waals surface area contributed by atoms with Crippen molar-refractivity contribution in [1.82, 2.24) is 0 Å². The van der Waals surface area contributed by atoms with Gasteiger partial charge in [-0.25, -0.2) is 0 Å². The first-order valence-electron chi connectivity index (χ1n) is 5.50. The minimum absolute atomic E-state index is 0.203. The first kappa shape index (κ1) is 12.5. The molecule has 0 radical (unpaired) electrons. The van der Waals surface area contributed by atoms with E-state index in [4.69, 9.17) is 0 Å². The highest BCUT2D eigenvalue weighted by atomic mass is 19.4. The predicted molar refractivity (Wildman–Crippen MR) is 65.3 cm³/mol. The van der Waals surface area contributed by atoms with E-state index >= 15 is 0 Å². The van der Waals surface area contributed by atoms with Crippen molar-refractivity contribution in [3.05, 3.63) is 66.2 Å². The first-order valence-corrected chi connectivity index (χ1v) is 5.50.